The SMILES string of the molecule is CCn1c2ccc(-c3ccccc3)cc2c2cc(-c3ccc(-c4c5ccc(C)cc5c(-c5ccc(-c6ccccc6)cc5)c5ccc(C)cc45)cc3)ccc21.CCn1c2ccc(-c3ccccc3)cc2c2cc(-c3ccc(-c4c5ccc(C)cc5c(-c5ccccc5)c5ccc(C)cc45)cc3)ccc21. The van der Waals surface area contributed by atoms with Gasteiger partial charge in [-0.15, -0.1) is 0 Å². The van der Waals surface area contributed by atoms with Crippen LogP contribution < -0.4 is 0 Å². The first kappa shape index (κ1) is 63.5. The van der Waals surface area contributed by atoms with Crippen LogP contribution in [0.5, 0.6) is 0 Å². The molecule has 0 spiro atoms. The third-order valence-electron chi connectivity index (χ3n) is 21.8. The molecule has 17 aromatic carbocycles. The summed E-state index contributed by atoms with van der Waals surface area (Å²) in [6, 6.07) is 126. The Balaban J connectivity index is 0.000000149. The van der Waals surface area contributed by atoms with Gasteiger partial charge in [-0.1, -0.05) is 313 Å². The van der Waals surface area contributed by atoms with Crippen LogP contribution in [0.15, 0.2) is 340 Å². The average molecular weight is 1330 g/mol. The largest absolute Gasteiger partial charge is 0.341 e. The number of nitrogens with zero attached hydrogens (tertiary/aromatic N) is 2. The zero-order chi connectivity index (χ0) is 70.1. The molecule has 2 heterocycles. The van der Waals surface area contributed by atoms with E-state index in [0.717, 1.165) is 13.1 Å². The van der Waals surface area contributed by atoms with Crippen molar-refractivity contribution in [2.75, 3.05) is 0 Å². The van der Waals surface area contributed by atoms with Gasteiger partial charge in [-0.25, -0.2) is 0 Å². The Morgan fingerprint density at radius 3 is 0.606 bits per heavy atom. The molecule has 0 saturated carbocycles. The van der Waals surface area contributed by atoms with E-state index >= 15 is 0 Å². The summed E-state index contributed by atoms with van der Waals surface area (Å²) in [5, 5.41) is 15.5. The molecule has 19 aromatic rings. The number of hydrogen-bond acceptors (Lipinski definition) is 0. The van der Waals surface area contributed by atoms with Crippen molar-refractivity contribution in [3.63, 3.8) is 0 Å². The molecule has 0 saturated heterocycles. The number of hydrogen-bond donors (Lipinski definition) is 0. The molecule has 2 nitrogen and oxygen atoms in total. The van der Waals surface area contributed by atoms with Crippen molar-refractivity contribution in [2.24, 2.45) is 0 Å². The fraction of sp³-hybridized carbons (Fsp3) is 0.0784. The maximum absolute atomic E-state index is 2.44. The minimum Gasteiger partial charge on any atom is -0.341 e. The van der Waals surface area contributed by atoms with Gasteiger partial charge in [-0.05, 0) is 233 Å². The van der Waals surface area contributed by atoms with E-state index in [1.165, 1.54) is 209 Å². The second kappa shape index (κ2) is 26.4. The lowest BCUT2D eigenvalue weighted by Crippen LogP contribution is -1.93. The van der Waals surface area contributed by atoms with E-state index in [4.69, 9.17) is 0 Å². The van der Waals surface area contributed by atoms with Crippen molar-refractivity contribution in [2.45, 2.75) is 54.6 Å². The molecule has 0 aliphatic carbocycles. The van der Waals surface area contributed by atoms with Gasteiger partial charge in [0.15, 0.2) is 0 Å². The first-order chi connectivity index (χ1) is 51.1. The highest BCUT2D eigenvalue weighted by Gasteiger charge is 2.22. The second-order valence-corrected chi connectivity index (χ2v) is 28.3. The summed E-state index contributed by atoms with van der Waals surface area (Å²) in [6.45, 7) is 15.1. The fourth-order valence-electron chi connectivity index (χ4n) is 16.7. The van der Waals surface area contributed by atoms with Crippen molar-refractivity contribution in [3.8, 4) is 100 Å². The van der Waals surface area contributed by atoms with Gasteiger partial charge in [0.2, 0.25) is 0 Å². The third kappa shape index (κ3) is 11.2. The molecule has 0 aliphatic heterocycles. The highest BCUT2D eigenvalue weighted by Crippen LogP contribution is 2.48. The van der Waals surface area contributed by atoms with Crippen molar-refractivity contribution in [1.29, 1.82) is 0 Å². The normalized spacial score (nSPS) is 11.6. The third-order valence-corrected chi connectivity index (χ3v) is 21.8. The van der Waals surface area contributed by atoms with Crippen LogP contribution in [0.3, 0.4) is 0 Å². The smallest absolute Gasteiger partial charge is 0.0491 e. The number of aromatic nitrogens is 2. The molecule has 0 unspecified atom stereocenters. The maximum atomic E-state index is 2.44. The Morgan fingerprint density at radius 2 is 0.356 bits per heavy atom. The van der Waals surface area contributed by atoms with E-state index in [1.54, 1.807) is 0 Å². The van der Waals surface area contributed by atoms with Gasteiger partial charge >= 0.3 is 0 Å². The Kier molecular flexibility index (Phi) is 16.1. The highest BCUT2D eigenvalue weighted by molar-refractivity contribution is 6.23. The Morgan fingerprint density at radius 1 is 0.163 bits per heavy atom. The molecule has 0 amide bonds. The minimum atomic E-state index is 0.928. The monoisotopic (exact) mass is 1330 g/mol. The standard InChI is InChI=1S/C54H41N.C48H37N/c1-4-55-51-29-25-43(38-13-9-6-10-14-38)33-47(51)48-34-44(26-30-52(48)55)40-19-23-42(24-20-40)54-46-28-16-35(2)31-49(46)53(45-27-15-36(3)32-50(45)54)41-21-17-39(18-22-41)37-11-7-5-8-12-37;1-4-49-45-25-21-37(33-11-7-5-8-12-33)29-41(45)42-30-38(22-26-46(42)49)34-17-19-36(20-18-34)48-40-24-16-31(2)27-43(40)47(35-13-9-6-10-14-35)39-23-15-32(3)28-44(39)48/h5-34H,4H2,1-3H3;5-30H,4H2,1-3H3. The first-order valence-electron chi connectivity index (χ1n) is 36.7. The predicted octanol–water partition coefficient (Wildman–Crippen LogP) is 28.5. The van der Waals surface area contributed by atoms with E-state index in [2.05, 4.69) is 390 Å². The van der Waals surface area contributed by atoms with Gasteiger partial charge in [0.05, 0.1) is 0 Å². The van der Waals surface area contributed by atoms with E-state index in [-0.39, 0.29) is 0 Å². The van der Waals surface area contributed by atoms with Crippen molar-refractivity contribution in [3.05, 3.63) is 362 Å². The summed E-state index contributed by atoms with van der Waals surface area (Å²) in [5.74, 6) is 0. The molecule has 0 fully saturated rings. The van der Waals surface area contributed by atoms with Crippen molar-refractivity contribution < 1.29 is 0 Å². The number of aryl methyl sites for hydroxylation is 6. The van der Waals surface area contributed by atoms with Crippen LogP contribution >= 0.6 is 0 Å². The van der Waals surface area contributed by atoms with E-state index < -0.39 is 0 Å². The quantitative estimate of drug-likeness (QED) is 0.114. The number of rotatable bonds is 11. The van der Waals surface area contributed by atoms with Gasteiger partial charge in [0.1, 0.15) is 0 Å². The molecule has 0 radical (unpaired) electrons. The molecular weight excluding hydrogens is 1250 g/mol. The van der Waals surface area contributed by atoms with E-state index in [0.29, 0.717) is 0 Å². The van der Waals surface area contributed by atoms with Crippen LogP contribution in [0.25, 0.3) is 187 Å². The molecule has 2 aromatic heterocycles. The predicted molar refractivity (Wildman–Crippen MR) is 448 cm³/mol. The molecule has 0 bridgehead atoms. The van der Waals surface area contributed by atoms with Gasteiger partial charge in [-0.2, -0.15) is 0 Å². The molecule has 0 aliphatic rings. The molecule has 0 atom stereocenters. The maximum Gasteiger partial charge on any atom is 0.0491 e. The lowest BCUT2D eigenvalue weighted by atomic mass is 9.84. The zero-order valence-corrected chi connectivity index (χ0v) is 59.6. The fourth-order valence-corrected chi connectivity index (χ4v) is 16.7. The summed E-state index contributed by atoms with van der Waals surface area (Å²) >= 11 is 0. The lowest BCUT2D eigenvalue weighted by Gasteiger charge is -2.19. The molecular formula is C102H78N2. The van der Waals surface area contributed by atoms with Gasteiger partial charge in [-0.3, -0.25) is 0 Å². The molecule has 2 heteroatoms. The van der Waals surface area contributed by atoms with Gasteiger partial charge in [0, 0.05) is 56.7 Å². The summed E-state index contributed by atoms with van der Waals surface area (Å²) in [7, 11) is 0. The summed E-state index contributed by atoms with van der Waals surface area (Å²) < 4.78 is 4.87. The zero-order valence-electron chi connectivity index (χ0n) is 59.6. The topological polar surface area (TPSA) is 9.86 Å². The van der Waals surface area contributed by atoms with Crippen LogP contribution in [0.2, 0.25) is 0 Å². The van der Waals surface area contributed by atoms with Gasteiger partial charge in [0.25, 0.3) is 0 Å². The lowest BCUT2D eigenvalue weighted by molar-refractivity contribution is 0.827. The van der Waals surface area contributed by atoms with E-state index in [9.17, 15) is 0 Å². The summed E-state index contributed by atoms with van der Waals surface area (Å²) in [5.41, 5.74) is 32.7. The Labute approximate surface area is 608 Å². The molecule has 496 valence electrons. The van der Waals surface area contributed by atoms with Crippen LogP contribution in [0, 0.1) is 27.7 Å². The summed E-state index contributed by atoms with van der Waals surface area (Å²) in [6.07, 6.45) is 0. The van der Waals surface area contributed by atoms with E-state index in [1.807, 2.05) is 0 Å². The van der Waals surface area contributed by atoms with Crippen LogP contribution in [0.4, 0.5) is 0 Å². The molecule has 19 rings (SSSR count). The highest BCUT2D eigenvalue weighted by atomic mass is 15.0. The minimum absolute atomic E-state index is 0.928. The first-order valence-corrected chi connectivity index (χ1v) is 36.7. The second-order valence-electron chi connectivity index (χ2n) is 28.3. The molecule has 104 heavy (non-hydrogen) atoms. The van der Waals surface area contributed by atoms with Crippen LogP contribution in [0.1, 0.15) is 36.1 Å². The van der Waals surface area contributed by atoms with Crippen molar-refractivity contribution in [1.82, 2.24) is 9.13 Å². The van der Waals surface area contributed by atoms with Crippen LogP contribution in [-0.2, 0) is 13.1 Å². The van der Waals surface area contributed by atoms with Gasteiger partial charge < -0.3 is 9.13 Å². The number of benzene rings is 17. The number of fused-ring (bicyclic) bond motifs is 10. The Bertz CT molecular complexity index is 6520. The van der Waals surface area contributed by atoms with Crippen LogP contribution in [-0.4, -0.2) is 9.13 Å². The Hall–Kier alpha value is -12.6. The summed E-state index contributed by atoms with van der Waals surface area (Å²) in [4.78, 5) is 0. The van der Waals surface area contributed by atoms with Crippen molar-refractivity contribution >= 4 is 86.7 Å². The average Bonchev–Trinajstić information content (AvgIpc) is 1.05. The molecule has 0 N–H and O–H groups in total.